The lowest BCUT2D eigenvalue weighted by atomic mass is 9.86. The van der Waals surface area contributed by atoms with Crippen molar-refractivity contribution in [3.05, 3.63) is 42.2 Å². The van der Waals surface area contributed by atoms with Gasteiger partial charge >= 0.3 is 6.09 Å². The Morgan fingerprint density at radius 2 is 1.88 bits per heavy atom. The smallest absolute Gasteiger partial charge is 0.408 e. The molecule has 3 aliphatic heterocycles. The summed E-state index contributed by atoms with van der Waals surface area (Å²) < 4.78 is 16.4. The van der Waals surface area contributed by atoms with Crippen LogP contribution in [0.2, 0.25) is 0 Å². The normalized spacial score (nSPS) is 22.1. The highest BCUT2D eigenvalue weighted by Crippen LogP contribution is 2.30. The summed E-state index contributed by atoms with van der Waals surface area (Å²) >= 11 is 0. The van der Waals surface area contributed by atoms with Gasteiger partial charge in [0.15, 0.2) is 0 Å². The summed E-state index contributed by atoms with van der Waals surface area (Å²) in [7, 11) is 1.67. The van der Waals surface area contributed by atoms with E-state index in [1.165, 1.54) is 0 Å². The second kappa shape index (κ2) is 10.5. The molecule has 4 heterocycles. The van der Waals surface area contributed by atoms with Crippen LogP contribution in [0.15, 0.2) is 36.7 Å². The van der Waals surface area contributed by atoms with Crippen molar-refractivity contribution in [1.82, 2.24) is 20.2 Å². The molecule has 0 saturated carbocycles. The van der Waals surface area contributed by atoms with Crippen LogP contribution < -0.4 is 10.1 Å². The fraction of sp³-hybridized carbons (Fsp3) is 0.560. The summed E-state index contributed by atoms with van der Waals surface area (Å²) in [5.74, 6) is 0.990. The monoisotopic (exact) mass is 454 g/mol. The van der Waals surface area contributed by atoms with Gasteiger partial charge in [-0.3, -0.25) is 4.90 Å². The van der Waals surface area contributed by atoms with Crippen molar-refractivity contribution >= 4 is 6.09 Å². The van der Waals surface area contributed by atoms with Gasteiger partial charge in [-0.25, -0.2) is 14.8 Å². The third-order valence-electron chi connectivity index (χ3n) is 6.54. The van der Waals surface area contributed by atoms with Gasteiger partial charge in [0.25, 0.3) is 0 Å². The van der Waals surface area contributed by atoms with E-state index < -0.39 is 5.54 Å². The molecule has 0 spiro atoms. The van der Waals surface area contributed by atoms with E-state index >= 15 is 0 Å². The second-order valence-electron chi connectivity index (χ2n) is 9.34. The van der Waals surface area contributed by atoms with Gasteiger partial charge in [0, 0.05) is 32.2 Å². The van der Waals surface area contributed by atoms with Gasteiger partial charge in [-0.1, -0.05) is 24.3 Å². The first-order valence-electron chi connectivity index (χ1n) is 11.7. The number of carbonyl (C=O) groups excluding carboxylic acids is 1. The molecule has 2 aromatic rings. The molecular formula is C25H34N4O4. The molecule has 0 aliphatic carbocycles. The van der Waals surface area contributed by atoms with Crippen LogP contribution in [0.3, 0.4) is 0 Å². The number of benzene rings is 1. The fourth-order valence-corrected chi connectivity index (χ4v) is 4.52. The molecule has 3 aliphatic rings. The Labute approximate surface area is 195 Å². The van der Waals surface area contributed by atoms with Gasteiger partial charge in [-0.15, -0.1) is 0 Å². The Morgan fingerprint density at radius 1 is 1.12 bits per heavy atom. The van der Waals surface area contributed by atoms with Gasteiger partial charge in [-0.2, -0.15) is 0 Å². The minimum atomic E-state index is -0.560. The highest BCUT2D eigenvalue weighted by atomic mass is 16.6. The summed E-state index contributed by atoms with van der Waals surface area (Å²) in [6.07, 6.45) is 6.02. The lowest BCUT2D eigenvalue weighted by Gasteiger charge is -2.44. The molecule has 1 amide bonds. The number of nitrogens with zero attached hydrogens (tertiary/aromatic N) is 3. The number of nitrogens with one attached hydrogen (secondary N) is 1. The Hall–Kier alpha value is -2.71. The average Bonchev–Trinajstić information content (AvgIpc) is 2.83. The molecule has 1 N–H and O–H groups in total. The molecular weight excluding hydrogens is 420 g/mol. The zero-order chi connectivity index (χ0) is 23.3. The molecule has 1 aromatic heterocycles. The van der Waals surface area contributed by atoms with E-state index in [0.29, 0.717) is 25.0 Å². The summed E-state index contributed by atoms with van der Waals surface area (Å²) in [6, 6.07) is 7.97. The number of fused-ring (bicyclic) bond motifs is 3. The van der Waals surface area contributed by atoms with E-state index in [9.17, 15) is 4.79 Å². The Morgan fingerprint density at radius 3 is 2.48 bits per heavy atom. The topological polar surface area (TPSA) is 85.8 Å². The van der Waals surface area contributed by atoms with Gasteiger partial charge in [0.1, 0.15) is 6.10 Å². The average molecular weight is 455 g/mol. The van der Waals surface area contributed by atoms with Crippen LogP contribution in [0.4, 0.5) is 4.79 Å². The van der Waals surface area contributed by atoms with E-state index in [4.69, 9.17) is 14.2 Å². The van der Waals surface area contributed by atoms with Crippen LogP contribution in [0.1, 0.15) is 38.7 Å². The number of carbonyl (C=O) groups is 1. The van der Waals surface area contributed by atoms with Gasteiger partial charge in [-0.05, 0) is 51.3 Å². The lowest BCUT2D eigenvalue weighted by Crippen LogP contribution is -2.53. The lowest BCUT2D eigenvalue weighted by molar-refractivity contribution is -0.0349. The van der Waals surface area contributed by atoms with Gasteiger partial charge in [0.2, 0.25) is 5.88 Å². The minimum Gasteiger partial charge on any atom is -0.476 e. The zero-order valence-electron chi connectivity index (χ0n) is 19.8. The minimum absolute atomic E-state index is 0.00354. The molecule has 1 aromatic carbocycles. The van der Waals surface area contributed by atoms with Gasteiger partial charge < -0.3 is 19.5 Å². The summed E-state index contributed by atoms with van der Waals surface area (Å²) in [5, 5.41) is 3.04. The summed E-state index contributed by atoms with van der Waals surface area (Å²) in [6.45, 7) is 8.26. The van der Waals surface area contributed by atoms with Crippen LogP contribution >= 0.6 is 0 Å². The van der Waals surface area contributed by atoms with Gasteiger partial charge in [0.05, 0.1) is 30.2 Å². The maximum atomic E-state index is 12.6. The van der Waals surface area contributed by atoms with Crippen molar-refractivity contribution in [2.24, 2.45) is 5.92 Å². The number of ether oxygens (including phenoxy) is 3. The van der Waals surface area contributed by atoms with Crippen molar-refractivity contribution in [2.75, 3.05) is 40.0 Å². The number of alkyl carbamates (subject to hydrolysis) is 1. The molecule has 0 radical (unpaired) electrons. The van der Waals surface area contributed by atoms with E-state index in [1.54, 1.807) is 19.5 Å². The van der Waals surface area contributed by atoms with Crippen molar-refractivity contribution in [3.8, 4) is 17.1 Å². The standard InChI is InChI=1S/C25H34N4O4/c1-25(2,28-24(30)33-22-17-29-11-9-19(22)10-12-29)20-7-5-18(6-8-20)21-15-27-23(16-26-21)32-14-4-13-31-3/h5-8,15-16,19,22H,4,9-14,17H2,1-3H3,(H,28,30). The number of rotatable bonds is 9. The van der Waals surface area contributed by atoms with Crippen LogP contribution in [-0.4, -0.2) is 67.0 Å². The molecule has 1 atom stereocenters. The molecule has 3 fully saturated rings. The first-order chi connectivity index (χ1) is 15.9. The number of piperidine rings is 3. The van der Waals surface area contributed by atoms with Crippen LogP contribution in [0.5, 0.6) is 5.88 Å². The molecule has 5 rings (SSSR count). The third-order valence-corrected chi connectivity index (χ3v) is 6.54. The molecule has 1 unspecified atom stereocenters. The number of aromatic nitrogens is 2. The highest BCUT2D eigenvalue weighted by Gasteiger charge is 2.37. The van der Waals surface area contributed by atoms with Crippen LogP contribution in [0.25, 0.3) is 11.3 Å². The molecule has 178 valence electrons. The SMILES string of the molecule is COCCCOc1cnc(-c2ccc(C(C)(C)NC(=O)OC3CN4CCC3CC4)cc2)cn1. The maximum Gasteiger partial charge on any atom is 0.408 e. The Balaban J connectivity index is 1.32. The number of hydrogen-bond donors (Lipinski definition) is 1. The van der Waals surface area contributed by atoms with Crippen molar-refractivity contribution in [2.45, 2.75) is 44.8 Å². The van der Waals surface area contributed by atoms with Crippen molar-refractivity contribution in [3.63, 3.8) is 0 Å². The highest BCUT2D eigenvalue weighted by molar-refractivity contribution is 5.69. The molecule has 8 nitrogen and oxygen atoms in total. The van der Waals surface area contributed by atoms with E-state index in [2.05, 4.69) is 20.2 Å². The van der Waals surface area contributed by atoms with Crippen molar-refractivity contribution in [1.29, 1.82) is 0 Å². The predicted molar refractivity (Wildman–Crippen MR) is 125 cm³/mol. The van der Waals surface area contributed by atoms with Crippen molar-refractivity contribution < 1.29 is 19.0 Å². The van der Waals surface area contributed by atoms with Crippen LogP contribution in [0, 0.1) is 5.92 Å². The third kappa shape index (κ3) is 6.00. The molecule has 8 heteroatoms. The molecule has 33 heavy (non-hydrogen) atoms. The van der Waals surface area contributed by atoms with E-state index in [0.717, 1.165) is 55.7 Å². The van der Waals surface area contributed by atoms with E-state index in [-0.39, 0.29) is 12.2 Å². The number of hydrogen-bond acceptors (Lipinski definition) is 7. The second-order valence-corrected chi connectivity index (χ2v) is 9.34. The Bertz CT molecular complexity index is 909. The largest absolute Gasteiger partial charge is 0.476 e. The zero-order valence-corrected chi connectivity index (χ0v) is 19.8. The first kappa shape index (κ1) is 23.4. The maximum absolute atomic E-state index is 12.6. The molecule has 2 bridgehead atoms. The first-order valence-corrected chi connectivity index (χ1v) is 11.7. The predicted octanol–water partition coefficient (Wildman–Crippen LogP) is 3.61. The molecule has 3 saturated heterocycles. The number of amides is 1. The van der Waals surface area contributed by atoms with Crippen LogP contribution in [-0.2, 0) is 15.0 Å². The summed E-state index contributed by atoms with van der Waals surface area (Å²) in [4.78, 5) is 23.8. The fourth-order valence-electron chi connectivity index (χ4n) is 4.52. The Kier molecular flexibility index (Phi) is 7.45. The quantitative estimate of drug-likeness (QED) is 0.579. The summed E-state index contributed by atoms with van der Waals surface area (Å²) in [5.41, 5.74) is 2.14. The number of methoxy groups -OCH3 is 1. The van der Waals surface area contributed by atoms with E-state index in [1.807, 2.05) is 38.1 Å².